The van der Waals surface area contributed by atoms with Crippen LogP contribution in [0.3, 0.4) is 0 Å². The smallest absolute Gasteiger partial charge is 0.310 e. The van der Waals surface area contributed by atoms with Crippen molar-refractivity contribution in [3.05, 3.63) is 33.6 Å². The van der Waals surface area contributed by atoms with Crippen molar-refractivity contribution in [1.29, 1.82) is 0 Å². The third-order valence-electron chi connectivity index (χ3n) is 1.68. The van der Waals surface area contributed by atoms with Gasteiger partial charge in [-0.2, -0.15) is 0 Å². The maximum absolute atomic E-state index is 12.8. The van der Waals surface area contributed by atoms with Gasteiger partial charge in [-0.1, -0.05) is 29.3 Å². The number of ether oxygens (including phenoxy) is 1. The van der Waals surface area contributed by atoms with Crippen molar-refractivity contribution in [3.63, 3.8) is 0 Å². The monoisotopic (exact) mass is 236 g/mol. The molecule has 0 aliphatic rings. The highest BCUT2D eigenvalue weighted by Gasteiger charge is 2.12. The van der Waals surface area contributed by atoms with E-state index in [1.807, 2.05) is 0 Å². The van der Waals surface area contributed by atoms with Gasteiger partial charge in [0.1, 0.15) is 5.82 Å². The standard InChI is InChI=1S/C9H7Cl2FO2/c1-14-7(13)4-5-2-3-6(12)9(11)8(5)10/h2-3H,4H2,1H3. The molecule has 0 spiro atoms. The number of benzene rings is 1. The number of halogens is 3. The fourth-order valence-corrected chi connectivity index (χ4v) is 1.33. The van der Waals surface area contributed by atoms with E-state index in [1.54, 1.807) is 0 Å². The first kappa shape index (κ1) is 11.3. The molecule has 0 aromatic heterocycles. The van der Waals surface area contributed by atoms with E-state index in [2.05, 4.69) is 4.74 Å². The lowest BCUT2D eigenvalue weighted by molar-refractivity contribution is -0.139. The fourth-order valence-electron chi connectivity index (χ4n) is 0.930. The van der Waals surface area contributed by atoms with Crippen LogP contribution < -0.4 is 0 Å². The van der Waals surface area contributed by atoms with Crippen LogP contribution in [0.2, 0.25) is 10.0 Å². The Morgan fingerprint density at radius 1 is 1.43 bits per heavy atom. The van der Waals surface area contributed by atoms with Crippen molar-refractivity contribution in [3.8, 4) is 0 Å². The van der Waals surface area contributed by atoms with Gasteiger partial charge in [0, 0.05) is 0 Å². The number of rotatable bonds is 2. The lowest BCUT2D eigenvalue weighted by Gasteiger charge is -2.04. The molecular weight excluding hydrogens is 230 g/mol. The predicted molar refractivity (Wildman–Crippen MR) is 52.1 cm³/mol. The summed E-state index contributed by atoms with van der Waals surface area (Å²) in [4.78, 5) is 10.9. The third-order valence-corrected chi connectivity index (χ3v) is 2.58. The van der Waals surface area contributed by atoms with Crippen molar-refractivity contribution < 1.29 is 13.9 Å². The van der Waals surface area contributed by atoms with Crippen LogP contribution in [-0.4, -0.2) is 13.1 Å². The van der Waals surface area contributed by atoms with Crippen LogP contribution in [0.5, 0.6) is 0 Å². The second-order valence-corrected chi connectivity index (χ2v) is 3.34. The zero-order chi connectivity index (χ0) is 10.7. The molecule has 0 atom stereocenters. The topological polar surface area (TPSA) is 26.3 Å². The summed E-state index contributed by atoms with van der Waals surface area (Å²) in [6.07, 6.45) is -0.0185. The van der Waals surface area contributed by atoms with E-state index < -0.39 is 11.8 Å². The fraction of sp³-hybridized carbons (Fsp3) is 0.222. The summed E-state index contributed by atoms with van der Waals surface area (Å²) in [6, 6.07) is 2.56. The molecule has 0 amide bonds. The summed E-state index contributed by atoms with van der Waals surface area (Å²) in [5.41, 5.74) is 0.449. The first-order valence-corrected chi connectivity index (χ1v) is 4.51. The Bertz CT molecular complexity index is 366. The molecule has 1 rings (SSSR count). The van der Waals surface area contributed by atoms with Crippen molar-refractivity contribution in [2.24, 2.45) is 0 Å². The van der Waals surface area contributed by atoms with Crippen LogP contribution in [0.25, 0.3) is 0 Å². The van der Waals surface area contributed by atoms with E-state index in [4.69, 9.17) is 23.2 Å². The summed E-state index contributed by atoms with van der Waals surface area (Å²) in [7, 11) is 1.27. The number of hydrogen-bond donors (Lipinski definition) is 0. The minimum atomic E-state index is -0.606. The van der Waals surface area contributed by atoms with Crippen molar-refractivity contribution in [2.45, 2.75) is 6.42 Å². The molecule has 0 saturated carbocycles. The van der Waals surface area contributed by atoms with Crippen LogP contribution in [0.4, 0.5) is 4.39 Å². The van der Waals surface area contributed by atoms with Gasteiger partial charge in [0.15, 0.2) is 0 Å². The second kappa shape index (κ2) is 4.62. The molecule has 0 aliphatic carbocycles. The van der Waals surface area contributed by atoms with E-state index in [0.717, 1.165) is 6.07 Å². The SMILES string of the molecule is COC(=O)Cc1ccc(F)c(Cl)c1Cl. The van der Waals surface area contributed by atoms with Crippen LogP contribution in [0.1, 0.15) is 5.56 Å². The minimum absolute atomic E-state index is 0.0185. The summed E-state index contributed by atoms with van der Waals surface area (Å²) < 4.78 is 17.3. The second-order valence-electron chi connectivity index (χ2n) is 2.59. The average Bonchev–Trinajstić information content (AvgIpc) is 2.19. The molecule has 2 nitrogen and oxygen atoms in total. The van der Waals surface area contributed by atoms with Gasteiger partial charge in [0.2, 0.25) is 0 Å². The number of esters is 1. The first-order valence-electron chi connectivity index (χ1n) is 3.75. The van der Waals surface area contributed by atoms with Gasteiger partial charge in [-0.25, -0.2) is 4.39 Å². The zero-order valence-corrected chi connectivity index (χ0v) is 8.82. The molecule has 14 heavy (non-hydrogen) atoms. The van der Waals surface area contributed by atoms with Gasteiger partial charge in [0.25, 0.3) is 0 Å². The number of methoxy groups -OCH3 is 1. The highest BCUT2D eigenvalue weighted by molar-refractivity contribution is 6.42. The summed E-state index contributed by atoms with van der Waals surface area (Å²) >= 11 is 11.3. The Balaban J connectivity index is 3.00. The summed E-state index contributed by atoms with van der Waals surface area (Å²) in [5.74, 6) is -1.06. The van der Waals surface area contributed by atoms with Crippen LogP contribution >= 0.6 is 23.2 Å². The third kappa shape index (κ3) is 2.36. The molecule has 0 heterocycles. The Hall–Kier alpha value is -0.800. The Morgan fingerprint density at radius 2 is 2.07 bits per heavy atom. The maximum Gasteiger partial charge on any atom is 0.310 e. The molecule has 0 radical (unpaired) electrons. The number of carbonyl (C=O) groups excluding carboxylic acids is 1. The lowest BCUT2D eigenvalue weighted by Crippen LogP contribution is -2.05. The normalized spacial score (nSPS) is 10.0. The van der Waals surface area contributed by atoms with Crippen LogP contribution in [0.15, 0.2) is 12.1 Å². The first-order chi connectivity index (χ1) is 6.56. The Morgan fingerprint density at radius 3 is 2.64 bits per heavy atom. The Kier molecular flexibility index (Phi) is 3.72. The zero-order valence-electron chi connectivity index (χ0n) is 7.31. The molecule has 0 saturated heterocycles. The predicted octanol–water partition coefficient (Wildman–Crippen LogP) is 2.85. The Labute approximate surface area is 90.6 Å². The quantitative estimate of drug-likeness (QED) is 0.583. The average molecular weight is 237 g/mol. The highest BCUT2D eigenvalue weighted by atomic mass is 35.5. The van der Waals surface area contributed by atoms with Gasteiger partial charge in [-0.05, 0) is 11.6 Å². The number of carbonyl (C=O) groups is 1. The van der Waals surface area contributed by atoms with Crippen molar-refractivity contribution in [1.82, 2.24) is 0 Å². The molecule has 5 heteroatoms. The molecular formula is C9H7Cl2FO2. The van der Waals surface area contributed by atoms with Crippen LogP contribution in [-0.2, 0) is 16.0 Å². The molecule has 1 aromatic rings. The lowest BCUT2D eigenvalue weighted by atomic mass is 10.1. The van der Waals surface area contributed by atoms with Gasteiger partial charge in [-0.3, -0.25) is 4.79 Å². The van der Waals surface area contributed by atoms with E-state index >= 15 is 0 Å². The van der Waals surface area contributed by atoms with Gasteiger partial charge in [-0.15, -0.1) is 0 Å². The summed E-state index contributed by atoms with van der Waals surface area (Å²) in [6.45, 7) is 0. The molecule has 0 bridgehead atoms. The van der Waals surface area contributed by atoms with Gasteiger partial charge >= 0.3 is 5.97 Å². The largest absolute Gasteiger partial charge is 0.469 e. The van der Waals surface area contributed by atoms with E-state index in [-0.39, 0.29) is 16.5 Å². The minimum Gasteiger partial charge on any atom is -0.469 e. The van der Waals surface area contributed by atoms with E-state index in [0.29, 0.717) is 5.56 Å². The maximum atomic E-state index is 12.8. The summed E-state index contributed by atoms with van der Waals surface area (Å²) in [5, 5.41) is -0.120. The molecule has 1 aromatic carbocycles. The van der Waals surface area contributed by atoms with Gasteiger partial charge in [0.05, 0.1) is 23.6 Å². The van der Waals surface area contributed by atoms with Crippen LogP contribution in [0, 0.1) is 5.82 Å². The number of hydrogen-bond acceptors (Lipinski definition) is 2. The molecule has 0 N–H and O–H groups in total. The van der Waals surface area contributed by atoms with E-state index in [1.165, 1.54) is 13.2 Å². The molecule has 76 valence electrons. The highest BCUT2D eigenvalue weighted by Crippen LogP contribution is 2.28. The van der Waals surface area contributed by atoms with Crippen molar-refractivity contribution in [2.75, 3.05) is 7.11 Å². The van der Waals surface area contributed by atoms with Gasteiger partial charge < -0.3 is 4.74 Å². The molecule has 0 unspecified atom stereocenters. The molecule has 0 fully saturated rings. The van der Waals surface area contributed by atoms with Crippen molar-refractivity contribution >= 4 is 29.2 Å². The molecule has 0 aliphatic heterocycles. The van der Waals surface area contributed by atoms with E-state index in [9.17, 15) is 9.18 Å².